The number of benzene rings is 2. The molecular formula is C22H25Cl2F2N3O4S. The number of carbonyl (C=O) groups excluding carboxylic acids is 2. The molecule has 12 heteroatoms. The summed E-state index contributed by atoms with van der Waals surface area (Å²) in [6.45, 7) is 2.96. The maximum absolute atomic E-state index is 13.8. The van der Waals surface area contributed by atoms with Crippen molar-refractivity contribution in [2.75, 3.05) is 23.7 Å². The van der Waals surface area contributed by atoms with Crippen molar-refractivity contribution in [3.05, 3.63) is 63.6 Å². The molecule has 1 atom stereocenters. The average Bonchev–Trinajstić information content (AvgIpc) is 2.75. The highest BCUT2D eigenvalue weighted by molar-refractivity contribution is 7.92. The van der Waals surface area contributed by atoms with Crippen molar-refractivity contribution in [2.24, 2.45) is 0 Å². The minimum Gasteiger partial charge on any atom is -0.355 e. The molecule has 2 aromatic rings. The van der Waals surface area contributed by atoms with Crippen LogP contribution in [0.5, 0.6) is 0 Å². The molecule has 0 saturated heterocycles. The average molecular weight is 536 g/mol. The first-order chi connectivity index (χ1) is 15.9. The third kappa shape index (κ3) is 7.04. The Morgan fingerprint density at radius 1 is 1.03 bits per heavy atom. The number of nitrogens with one attached hydrogen (secondary N) is 1. The van der Waals surface area contributed by atoms with Gasteiger partial charge in [-0.25, -0.2) is 17.2 Å². The van der Waals surface area contributed by atoms with E-state index in [2.05, 4.69) is 5.32 Å². The molecular weight excluding hydrogens is 511 g/mol. The van der Waals surface area contributed by atoms with Gasteiger partial charge in [0.25, 0.3) is 0 Å². The number of carbonyl (C=O) groups is 2. The molecule has 0 radical (unpaired) electrons. The predicted octanol–water partition coefficient (Wildman–Crippen LogP) is 3.98. The Balaban J connectivity index is 2.47. The van der Waals surface area contributed by atoms with Crippen LogP contribution in [0.3, 0.4) is 0 Å². The van der Waals surface area contributed by atoms with E-state index < -0.39 is 46.1 Å². The normalized spacial score (nSPS) is 12.2. The number of hydrogen-bond acceptors (Lipinski definition) is 4. The Kier molecular flexibility index (Phi) is 9.66. The number of hydrogen-bond donors (Lipinski definition) is 1. The molecule has 0 heterocycles. The monoisotopic (exact) mass is 535 g/mol. The Morgan fingerprint density at radius 3 is 2.24 bits per heavy atom. The summed E-state index contributed by atoms with van der Waals surface area (Å²) in [4.78, 5) is 27.3. The van der Waals surface area contributed by atoms with Gasteiger partial charge in [0.05, 0.1) is 22.0 Å². The Hall–Kier alpha value is -2.43. The van der Waals surface area contributed by atoms with Crippen LogP contribution in [0, 0.1) is 11.6 Å². The molecule has 0 unspecified atom stereocenters. The molecule has 0 aliphatic carbocycles. The molecule has 186 valence electrons. The van der Waals surface area contributed by atoms with Gasteiger partial charge in [-0.3, -0.25) is 13.9 Å². The van der Waals surface area contributed by atoms with Crippen molar-refractivity contribution in [2.45, 2.75) is 32.9 Å². The number of rotatable bonds is 10. The Labute approximate surface area is 207 Å². The van der Waals surface area contributed by atoms with Crippen LogP contribution in [0.2, 0.25) is 10.0 Å². The zero-order valence-corrected chi connectivity index (χ0v) is 21.1. The van der Waals surface area contributed by atoms with E-state index in [1.54, 1.807) is 26.0 Å². The third-order valence-electron chi connectivity index (χ3n) is 4.94. The van der Waals surface area contributed by atoms with Gasteiger partial charge >= 0.3 is 0 Å². The SMILES string of the molecule is CCNC(=O)[C@H](CC)N(Cc1ccc(Cl)c(Cl)c1)C(=O)CN(c1ccc(F)c(F)c1)S(C)(=O)=O. The van der Waals surface area contributed by atoms with Gasteiger partial charge in [0, 0.05) is 19.2 Å². The van der Waals surface area contributed by atoms with Crippen molar-refractivity contribution in [1.82, 2.24) is 10.2 Å². The lowest BCUT2D eigenvalue weighted by Gasteiger charge is -2.32. The summed E-state index contributed by atoms with van der Waals surface area (Å²) in [5, 5.41) is 3.22. The number of nitrogens with zero attached hydrogens (tertiary/aromatic N) is 2. The first kappa shape index (κ1) is 27.8. The molecule has 0 spiro atoms. The number of sulfonamides is 1. The number of amides is 2. The first-order valence-electron chi connectivity index (χ1n) is 10.3. The summed E-state index contributed by atoms with van der Waals surface area (Å²) in [6, 6.07) is 6.29. The van der Waals surface area contributed by atoms with Crippen LogP contribution in [0.15, 0.2) is 36.4 Å². The molecule has 1 N–H and O–H groups in total. The van der Waals surface area contributed by atoms with Gasteiger partial charge in [-0.05, 0) is 43.2 Å². The van der Waals surface area contributed by atoms with E-state index in [0.29, 0.717) is 27.5 Å². The first-order valence-corrected chi connectivity index (χ1v) is 12.9. The van der Waals surface area contributed by atoms with E-state index in [9.17, 15) is 26.8 Å². The van der Waals surface area contributed by atoms with Crippen LogP contribution >= 0.6 is 23.2 Å². The molecule has 34 heavy (non-hydrogen) atoms. The van der Waals surface area contributed by atoms with Gasteiger partial charge in [-0.2, -0.15) is 0 Å². The highest BCUT2D eigenvalue weighted by Gasteiger charge is 2.31. The summed E-state index contributed by atoms with van der Waals surface area (Å²) in [6.07, 6.45) is 1.08. The number of halogens is 4. The standard InChI is InChI=1S/C22H25Cl2F2N3O4S/c1-4-20(22(31)27-5-2)28(12-14-6-8-16(23)17(24)10-14)21(30)13-29(34(3,32)33)15-7-9-18(25)19(26)11-15/h6-11,20H,4-5,12-13H2,1-3H3,(H,27,31)/t20-/m0/s1. The molecule has 0 saturated carbocycles. The Bertz CT molecular complexity index is 1160. The van der Waals surface area contributed by atoms with Gasteiger partial charge in [-0.15, -0.1) is 0 Å². The van der Waals surface area contributed by atoms with E-state index in [-0.39, 0.29) is 23.7 Å². The topological polar surface area (TPSA) is 86.8 Å². The highest BCUT2D eigenvalue weighted by atomic mass is 35.5. The van der Waals surface area contributed by atoms with Crippen LogP contribution in [0.25, 0.3) is 0 Å². The predicted molar refractivity (Wildman–Crippen MR) is 128 cm³/mol. The highest BCUT2D eigenvalue weighted by Crippen LogP contribution is 2.25. The maximum atomic E-state index is 13.8. The summed E-state index contributed by atoms with van der Waals surface area (Å²) in [5.74, 6) is -3.57. The van der Waals surface area contributed by atoms with Crippen molar-refractivity contribution in [3.63, 3.8) is 0 Å². The summed E-state index contributed by atoms with van der Waals surface area (Å²) in [7, 11) is -4.07. The molecule has 2 rings (SSSR count). The van der Waals surface area contributed by atoms with Crippen LogP contribution in [-0.2, 0) is 26.2 Å². The van der Waals surface area contributed by atoms with E-state index in [1.807, 2.05) is 0 Å². The molecule has 2 aromatic carbocycles. The van der Waals surface area contributed by atoms with E-state index in [1.165, 1.54) is 11.0 Å². The molecule has 0 aromatic heterocycles. The van der Waals surface area contributed by atoms with Crippen molar-refractivity contribution >= 4 is 50.7 Å². The zero-order valence-electron chi connectivity index (χ0n) is 18.8. The quantitative estimate of drug-likeness (QED) is 0.498. The summed E-state index contributed by atoms with van der Waals surface area (Å²) < 4.78 is 52.7. The molecule has 0 fully saturated rings. The number of likely N-dealkylation sites (N-methyl/N-ethyl adjacent to an activating group) is 1. The fourth-order valence-corrected chi connectivity index (χ4v) is 4.46. The zero-order chi connectivity index (χ0) is 25.6. The lowest BCUT2D eigenvalue weighted by molar-refractivity contribution is -0.140. The van der Waals surface area contributed by atoms with Crippen LogP contribution in [0.1, 0.15) is 25.8 Å². The molecule has 7 nitrogen and oxygen atoms in total. The molecule has 0 aliphatic rings. The second-order valence-electron chi connectivity index (χ2n) is 7.46. The van der Waals surface area contributed by atoms with Crippen LogP contribution in [-0.4, -0.2) is 50.5 Å². The van der Waals surface area contributed by atoms with Crippen molar-refractivity contribution in [3.8, 4) is 0 Å². The second-order valence-corrected chi connectivity index (χ2v) is 10.2. The van der Waals surface area contributed by atoms with Crippen LogP contribution < -0.4 is 9.62 Å². The number of anilines is 1. The van der Waals surface area contributed by atoms with Gasteiger partial charge in [0.15, 0.2) is 11.6 Å². The molecule has 0 aliphatic heterocycles. The smallest absolute Gasteiger partial charge is 0.244 e. The minimum atomic E-state index is -4.07. The van der Waals surface area contributed by atoms with Crippen molar-refractivity contribution in [1.29, 1.82) is 0 Å². The molecule has 0 bridgehead atoms. The van der Waals surface area contributed by atoms with Gasteiger partial charge < -0.3 is 10.2 Å². The lowest BCUT2D eigenvalue weighted by atomic mass is 10.1. The van der Waals surface area contributed by atoms with Crippen molar-refractivity contribution < 1.29 is 26.8 Å². The Morgan fingerprint density at radius 2 is 1.71 bits per heavy atom. The fourth-order valence-electron chi connectivity index (χ4n) is 3.30. The lowest BCUT2D eigenvalue weighted by Crippen LogP contribution is -2.52. The van der Waals surface area contributed by atoms with Crippen LogP contribution in [0.4, 0.5) is 14.5 Å². The maximum Gasteiger partial charge on any atom is 0.244 e. The molecule has 2 amide bonds. The van der Waals surface area contributed by atoms with E-state index >= 15 is 0 Å². The largest absolute Gasteiger partial charge is 0.355 e. The third-order valence-corrected chi connectivity index (χ3v) is 6.82. The van der Waals surface area contributed by atoms with E-state index in [4.69, 9.17) is 23.2 Å². The fraction of sp³-hybridized carbons (Fsp3) is 0.364. The van der Waals surface area contributed by atoms with Gasteiger partial charge in [0.1, 0.15) is 12.6 Å². The van der Waals surface area contributed by atoms with Gasteiger partial charge in [-0.1, -0.05) is 36.2 Å². The summed E-state index contributed by atoms with van der Waals surface area (Å²) >= 11 is 12.1. The summed E-state index contributed by atoms with van der Waals surface area (Å²) in [5.41, 5.74) is 0.333. The second kappa shape index (κ2) is 11.8. The van der Waals surface area contributed by atoms with Gasteiger partial charge in [0.2, 0.25) is 21.8 Å². The van der Waals surface area contributed by atoms with E-state index in [0.717, 1.165) is 18.4 Å². The minimum absolute atomic E-state index is 0.0687.